The van der Waals surface area contributed by atoms with Crippen LogP contribution in [0.2, 0.25) is 0 Å². The van der Waals surface area contributed by atoms with Crippen molar-refractivity contribution in [2.24, 2.45) is 0 Å². The first-order valence-electron chi connectivity index (χ1n) is 10.9. The minimum atomic E-state index is -0.467. The van der Waals surface area contributed by atoms with Crippen LogP contribution in [-0.4, -0.2) is 63.1 Å². The lowest BCUT2D eigenvalue weighted by Gasteiger charge is -2.36. The molecule has 2 aromatic heterocycles. The quantitative estimate of drug-likeness (QED) is 0.480. The van der Waals surface area contributed by atoms with Crippen molar-refractivity contribution in [3.8, 4) is 17.1 Å². The van der Waals surface area contributed by atoms with Gasteiger partial charge in [0.05, 0.1) is 37.8 Å². The fourth-order valence-electron chi connectivity index (χ4n) is 3.83. The Morgan fingerprint density at radius 1 is 1.21 bits per heavy atom. The van der Waals surface area contributed by atoms with Gasteiger partial charge in [-0.15, -0.1) is 5.10 Å². The maximum Gasteiger partial charge on any atom is 0.319 e. The molecule has 1 aliphatic rings. The van der Waals surface area contributed by atoms with Crippen molar-refractivity contribution in [3.63, 3.8) is 0 Å². The Bertz CT molecular complexity index is 1030. The lowest BCUT2D eigenvalue weighted by Crippen LogP contribution is -2.52. The Morgan fingerprint density at radius 2 is 2.06 bits per heavy atom. The molecular formula is C23H28N6O4. The number of aliphatic hydroxyl groups is 1. The molecule has 0 aliphatic carbocycles. The number of aromatic nitrogens is 4. The molecule has 1 saturated heterocycles. The van der Waals surface area contributed by atoms with Gasteiger partial charge in [0.15, 0.2) is 0 Å². The molecule has 3 aromatic rings. The Balaban J connectivity index is 1.25. The number of nitrogens with one attached hydrogen (secondary N) is 2. The normalized spacial score (nSPS) is 20.2. The van der Waals surface area contributed by atoms with Crippen LogP contribution >= 0.6 is 0 Å². The van der Waals surface area contributed by atoms with E-state index >= 15 is 0 Å². The van der Waals surface area contributed by atoms with Gasteiger partial charge in [0.25, 0.3) is 0 Å². The average molecular weight is 453 g/mol. The standard InChI is InChI=1S/C23H28N6O4/c1-32-17-7-5-16(6-8-17)25-23(31)26-20-10-9-18(33-22(20)15-30)11-13-29-14-21(27-28-29)19-4-2-3-12-24-19/h2-8,12,14,18,20,22,30H,9-11,13,15H2,1H3,(H2,25,26,31)/t18-,20-,22-/m1/s1. The van der Waals surface area contributed by atoms with Gasteiger partial charge in [0.1, 0.15) is 17.5 Å². The van der Waals surface area contributed by atoms with E-state index in [-0.39, 0.29) is 24.8 Å². The summed E-state index contributed by atoms with van der Waals surface area (Å²) in [6, 6.07) is 12.1. The molecule has 3 heterocycles. The zero-order valence-electron chi connectivity index (χ0n) is 18.4. The number of aliphatic hydroxyl groups excluding tert-OH is 1. The smallest absolute Gasteiger partial charge is 0.319 e. The molecule has 0 bridgehead atoms. The second-order valence-electron chi connectivity index (χ2n) is 7.86. The number of hydrogen-bond donors (Lipinski definition) is 3. The highest BCUT2D eigenvalue weighted by Crippen LogP contribution is 2.23. The highest BCUT2D eigenvalue weighted by atomic mass is 16.5. The van der Waals surface area contributed by atoms with Gasteiger partial charge < -0.3 is 25.2 Å². The summed E-state index contributed by atoms with van der Waals surface area (Å²) >= 11 is 0. The first-order valence-corrected chi connectivity index (χ1v) is 10.9. The van der Waals surface area contributed by atoms with Gasteiger partial charge in [-0.25, -0.2) is 4.79 Å². The van der Waals surface area contributed by atoms with E-state index in [4.69, 9.17) is 9.47 Å². The minimum Gasteiger partial charge on any atom is -0.497 e. The molecule has 0 saturated carbocycles. The molecule has 0 unspecified atom stereocenters. The average Bonchev–Trinajstić information content (AvgIpc) is 3.33. The lowest BCUT2D eigenvalue weighted by atomic mass is 9.97. The van der Waals surface area contributed by atoms with Crippen molar-refractivity contribution in [2.45, 2.75) is 44.1 Å². The summed E-state index contributed by atoms with van der Waals surface area (Å²) in [6.07, 6.45) is 5.29. The van der Waals surface area contributed by atoms with Crippen LogP contribution in [0.5, 0.6) is 5.75 Å². The molecule has 33 heavy (non-hydrogen) atoms. The van der Waals surface area contributed by atoms with Crippen molar-refractivity contribution < 1.29 is 19.4 Å². The molecule has 1 aliphatic heterocycles. The van der Waals surface area contributed by atoms with Gasteiger partial charge in [-0.2, -0.15) is 0 Å². The summed E-state index contributed by atoms with van der Waals surface area (Å²) in [4.78, 5) is 16.7. The number of benzene rings is 1. The van der Waals surface area contributed by atoms with E-state index in [1.54, 1.807) is 42.3 Å². The van der Waals surface area contributed by atoms with Gasteiger partial charge >= 0.3 is 6.03 Å². The summed E-state index contributed by atoms with van der Waals surface area (Å²) in [5.74, 6) is 0.715. The Morgan fingerprint density at radius 3 is 2.79 bits per heavy atom. The number of carbonyl (C=O) groups excluding carboxylic acids is 1. The number of aryl methyl sites for hydroxylation is 1. The number of ether oxygens (including phenoxy) is 2. The largest absolute Gasteiger partial charge is 0.497 e. The molecule has 1 fully saturated rings. The summed E-state index contributed by atoms with van der Waals surface area (Å²) in [6.45, 7) is 0.468. The van der Waals surface area contributed by atoms with E-state index in [1.807, 2.05) is 24.4 Å². The third kappa shape index (κ3) is 6.05. The molecule has 3 N–H and O–H groups in total. The number of methoxy groups -OCH3 is 1. The number of urea groups is 1. The van der Waals surface area contributed by atoms with Crippen molar-refractivity contribution in [1.82, 2.24) is 25.3 Å². The molecule has 0 radical (unpaired) electrons. The molecule has 1 aromatic carbocycles. The third-order valence-electron chi connectivity index (χ3n) is 5.61. The maximum absolute atomic E-state index is 12.4. The molecule has 174 valence electrons. The fraction of sp³-hybridized carbons (Fsp3) is 0.391. The summed E-state index contributed by atoms with van der Waals surface area (Å²) < 4.78 is 13.0. The van der Waals surface area contributed by atoms with Crippen molar-refractivity contribution >= 4 is 11.7 Å². The zero-order valence-corrected chi connectivity index (χ0v) is 18.4. The Labute approximate surface area is 191 Å². The summed E-state index contributed by atoms with van der Waals surface area (Å²) in [5, 5.41) is 23.9. The number of anilines is 1. The van der Waals surface area contributed by atoms with Crippen LogP contribution in [0.3, 0.4) is 0 Å². The van der Waals surface area contributed by atoms with Crippen LogP contribution < -0.4 is 15.4 Å². The summed E-state index contributed by atoms with van der Waals surface area (Å²) in [5.41, 5.74) is 2.15. The zero-order chi connectivity index (χ0) is 23.0. The number of pyridine rings is 1. The SMILES string of the molecule is COc1ccc(NC(=O)N[C@@H]2CC[C@H](CCn3cc(-c4ccccn4)nn3)O[C@@H]2CO)cc1. The van der Waals surface area contributed by atoms with Crippen LogP contribution in [0.25, 0.3) is 11.4 Å². The van der Waals surface area contributed by atoms with E-state index in [9.17, 15) is 9.90 Å². The van der Waals surface area contributed by atoms with Crippen LogP contribution in [-0.2, 0) is 11.3 Å². The predicted octanol–water partition coefficient (Wildman–Crippen LogP) is 2.47. The third-order valence-corrected chi connectivity index (χ3v) is 5.61. The van der Waals surface area contributed by atoms with Crippen LogP contribution in [0.4, 0.5) is 10.5 Å². The minimum absolute atomic E-state index is 0.0349. The van der Waals surface area contributed by atoms with Crippen molar-refractivity contribution in [3.05, 3.63) is 54.9 Å². The molecule has 10 nitrogen and oxygen atoms in total. The number of hydrogen-bond acceptors (Lipinski definition) is 7. The van der Waals surface area contributed by atoms with Gasteiger partial charge in [0.2, 0.25) is 0 Å². The van der Waals surface area contributed by atoms with Gasteiger partial charge in [-0.1, -0.05) is 11.3 Å². The monoisotopic (exact) mass is 452 g/mol. The second-order valence-corrected chi connectivity index (χ2v) is 7.86. The van der Waals surface area contributed by atoms with E-state index < -0.39 is 6.10 Å². The van der Waals surface area contributed by atoms with E-state index in [0.29, 0.717) is 24.4 Å². The van der Waals surface area contributed by atoms with Gasteiger partial charge in [-0.3, -0.25) is 9.67 Å². The van der Waals surface area contributed by atoms with E-state index in [2.05, 4.69) is 25.9 Å². The topological polar surface area (TPSA) is 123 Å². The van der Waals surface area contributed by atoms with Crippen LogP contribution in [0.15, 0.2) is 54.9 Å². The Hall–Kier alpha value is -3.50. The highest BCUT2D eigenvalue weighted by molar-refractivity contribution is 5.89. The Kier molecular flexibility index (Phi) is 7.48. The van der Waals surface area contributed by atoms with Crippen LogP contribution in [0.1, 0.15) is 19.3 Å². The lowest BCUT2D eigenvalue weighted by molar-refractivity contribution is -0.0905. The maximum atomic E-state index is 12.4. The summed E-state index contributed by atoms with van der Waals surface area (Å²) in [7, 11) is 1.59. The molecular weight excluding hydrogens is 424 g/mol. The number of nitrogens with zero attached hydrogens (tertiary/aromatic N) is 4. The van der Waals surface area contributed by atoms with Crippen LogP contribution in [0, 0.1) is 0 Å². The predicted molar refractivity (Wildman–Crippen MR) is 122 cm³/mol. The molecule has 4 rings (SSSR count). The van der Waals surface area contributed by atoms with Crippen molar-refractivity contribution in [1.29, 1.82) is 0 Å². The molecule has 2 amide bonds. The van der Waals surface area contributed by atoms with E-state index in [1.165, 1.54) is 0 Å². The van der Waals surface area contributed by atoms with Gasteiger partial charge in [-0.05, 0) is 55.7 Å². The molecule has 0 spiro atoms. The second kappa shape index (κ2) is 10.9. The number of amides is 2. The fourth-order valence-corrected chi connectivity index (χ4v) is 3.83. The highest BCUT2D eigenvalue weighted by Gasteiger charge is 2.31. The van der Waals surface area contributed by atoms with E-state index in [0.717, 1.165) is 24.2 Å². The number of carbonyl (C=O) groups is 1. The first kappa shape index (κ1) is 22.7. The first-order chi connectivity index (χ1) is 16.1. The number of rotatable bonds is 8. The van der Waals surface area contributed by atoms with Crippen molar-refractivity contribution in [2.75, 3.05) is 19.0 Å². The van der Waals surface area contributed by atoms with Gasteiger partial charge in [0, 0.05) is 18.4 Å². The molecule has 3 atom stereocenters. The molecule has 10 heteroatoms.